The zero-order valence-electron chi connectivity index (χ0n) is 18.0. The highest BCUT2D eigenvalue weighted by atomic mass is 79.9. The quantitative estimate of drug-likeness (QED) is 0.473. The number of anilines is 2. The van der Waals surface area contributed by atoms with Crippen LogP contribution in [0.25, 0.3) is 11.6 Å². The van der Waals surface area contributed by atoms with Crippen LogP contribution >= 0.6 is 15.9 Å². The van der Waals surface area contributed by atoms with Gasteiger partial charge in [-0.25, -0.2) is 14.1 Å². The van der Waals surface area contributed by atoms with Gasteiger partial charge in [0.2, 0.25) is 0 Å². The molecule has 32 heavy (non-hydrogen) atoms. The van der Waals surface area contributed by atoms with Gasteiger partial charge >= 0.3 is 6.03 Å². The number of barbiturate groups is 1. The van der Waals surface area contributed by atoms with E-state index >= 15 is 4.39 Å². The summed E-state index contributed by atoms with van der Waals surface area (Å²) in [6, 6.07) is 8.66. The summed E-state index contributed by atoms with van der Waals surface area (Å²) >= 11 is 3.30. The fourth-order valence-corrected chi connectivity index (χ4v) is 4.20. The Morgan fingerprint density at radius 3 is 2.41 bits per heavy atom. The maximum absolute atomic E-state index is 15.1. The molecule has 6 nitrogen and oxygen atoms in total. The number of likely N-dealkylation sites (N-methyl/N-ethyl adjacent to an activating group) is 1. The molecular weight excluding hydrogens is 477 g/mol. The van der Waals surface area contributed by atoms with Gasteiger partial charge in [-0.05, 0) is 68.8 Å². The van der Waals surface area contributed by atoms with Crippen LogP contribution in [0.2, 0.25) is 0 Å². The van der Waals surface area contributed by atoms with Gasteiger partial charge in [0.25, 0.3) is 11.8 Å². The number of urea groups is 1. The highest BCUT2D eigenvalue weighted by molar-refractivity contribution is 9.10. The Morgan fingerprint density at radius 2 is 1.75 bits per heavy atom. The molecule has 0 aromatic heterocycles. The number of imide groups is 2. The highest BCUT2D eigenvalue weighted by Gasteiger charge is 2.37. The summed E-state index contributed by atoms with van der Waals surface area (Å²) in [6.45, 7) is 6.01. The molecule has 0 saturated carbocycles. The van der Waals surface area contributed by atoms with Crippen molar-refractivity contribution in [2.75, 3.05) is 16.8 Å². The molecule has 2 aliphatic rings. The van der Waals surface area contributed by atoms with Crippen molar-refractivity contribution in [3.8, 4) is 0 Å². The summed E-state index contributed by atoms with van der Waals surface area (Å²) in [5, 5.41) is 2.16. The number of carbonyl (C=O) groups excluding carboxylic acids is 3. The Morgan fingerprint density at radius 1 is 1.09 bits per heavy atom. The fraction of sp³-hybridized carbons (Fsp3) is 0.208. The van der Waals surface area contributed by atoms with E-state index in [2.05, 4.69) is 27.3 Å². The first-order valence-electron chi connectivity index (χ1n) is 9.94. The van der Waals surface area contributed by atoms with Crippen LogP contribution in [0.15, 0.2) is 52.5 Å². The van der Waals surface area contributed by atoms with Crippen molar-refractivity contribution in [2.24, 2.45) is 0 Å². The second-order valence-electron chi connectivity index (χ2n) is 8.37. The smallest absolute Gasteiger partial charge is 0.335 e. The minimum absolute atomic E-state index is 0.0909. The minimum Gasteiger partial charge on any atom is -0.365 e. The molecule has 0 unspecified atom stereocenters. The van der Waals surface area contributed by atoms with E-state index in [1.54, 1.807) is 30.3 Å². The molecule has 8 heteroatoms. The molecule has 4 rings (SSSR count). The standard InChI is InChI=1S/C24H21BrFN3O3/c1-13-12-24(2,3)28(4)20-11-19(26)14(9-17(13)20)10-18-21(30)27-23(32)29(22(18)31)16-7-5-15(25)6-8-16/h5-12H,1-4H3,(H,27,30,32)/b18-10-. The van der Waals surface area contributed by atoms with E-state index in [0.29, 0.717) is 5.69 Å². The Balaban J connectivity index is 1.78. The zero-order valence-corrected chi connectivity index (χ0v) is 19.6. The van der Waals surface area contributed by atoms with Crippen LogP contribution in [0, 0.1) is 5.82 Å². The van der Waals surface area contributed by atoms with Gasteiger partial charge in [-0.15, -0.1) is 0 Å². The topological polar surface area (TPSA) is 69.7 Å². The van der Waals surface area contributed by atoms with E-state index in [-0.39, 0.29) is 16.7 Å². The number of hydrogen-bond acceptors (Lipinski definition) is 4. The molecule has 1 N–H and O–H groups in total. The van der Waals surface area contributed by atoms with E-state index in [1.165, 1.54) is 12.1 Å². The van der Waals surface area contributed by atoms with Gasteiger partial charge in [-0.3, -0.25) is 14.9 Å². The van der Waals surface area contributed by atoms with Gasteiger partial charge < -0.3 is 4.90 Å². The Labute approximate surface area is 193 Å². The maximum atomic E-state index is 15.1. The molecule has 164 valence electrons. The Bertz CT molecular complexity index is 1230. The molecule has 1 fully saturated rings. The van der Waals surface area contributed by atoms with E-state index in [9.17, 15) is 14.4 Å². The number of allylic oxidation sites excluding steroid dienone is 1. The second kappa shape index (κ2) is 7.70. The second-order valence-corrected chi connectivity index (χ2v) is 9.28. The van der Waals surface area contributed by atoms with E-state index in [0.717, 1.165) is 26.2 Å². The Kier molecular flexibility index (Phi) is 5.29. The monoisotopic (exact) mass is 497 g/mol. The summed E-state index contributed by atoms with van der Waals surface area (Å²) < 4.78 is 15.8. The van der Waals surface area contributed by atoms with Gasteiger partial charge in [0.1, 0.15) is 11.4 Å². The largest absolute Gasteiger partial charge is 0.365 e. The number of nitrogens with one attached hydrogen (secondary N) is 1. The fourth-order valence-electron chi connectivity index (χ4n) is 3.94. The summed E-state index contributed by atoms with van der Waals surface area (Å²) in [5.41, 5.74) is 2.28. The molecule has 0 radical (unpaired) electrons. The summed E-state index contributed by atoms with van der Waals surface area (Å²) in [5.74, 6) is -2.25. The average molecular weight is 498 g/mol. The lowest BCUT2D eigenvalue weighted by Crippen LogP contribution is -2.54. The molecular formula is C24H21BrFN3O3. The van der Waals surface area contributed by atoms with Gasteiger partial charge in [-0.1, -0.05) is 22.0 Å². The van der Waals surface area contributed by atoms with Crippen LogP contribution < -0.4 is 15.1 Å². The summed E-state index contributed by atoms with van der Waals surface area (Å²) in [6.07, 6.45) is 3.27. The molecule has 0 atom stereocenters. The first kappa shape index (κ1) is 22.0. The lowest BCUT2D eigenvalue weighted by atomic mass is 9.88. The van der Waals surface area contributed by atoms with Crippen molar-refractivity contribution in [3.05, 3.63) is 69.5 Å². The molecule has 2 aromatic carbocycles. The third-order valence-electron chi connectivity index (χ3n) is 5.82. The minimum atomic E-state index is -0.865. The molecule has 2 aromatic rings. The van der Waals surface area contributed by atoms with Crippen molar-refractivity contribution in [1.82, 2.24) is 5.32 Å². The highest BCUT2D eigenvalue weighted by Crippen LogP contribution is 2.39. The first-order chi connectivity index (χ1) is 15.0. The van der Waals surface area contributed by atoms with Crippen molar-refractivity contribution in [3.63, 3.8) is 0 Å². The summed E-state index contributed by atoms with van der Waals surface area (Å²) in [7, 11) is 1.89. The van der Waals surface area contributed by atoms with Crippen LogP contribution in [-0.2, 0) is 9.59 Å². The SMILES string of the molecule is CC1=CC(C)(C)N(C)c2cc(F)c(/C=C3/C(=O)NC(=O)N(c4ccc(Br)cc4)C3=O)cc21. The molecule has 4 amide bonds. The zero-order chi connectivity index (χ0) is 23.4. The third-order valence-corrected chi connectivity index (χ3v) is 6.35. The van der Waals surface area contributed by atoms with Crippen molar-refractivity contribution < 1.29 is 18.8 Å². The number of fused-ring (bicyclic) bond motifs is 1. The number of rotatable bonds is 2. The normalized spacial score (nSPS) is 19.1. The number of hydrogen-bond donors (Lipinski definition) is 1. The molecule has 0 spiro atoms. The maximum Gasteiger partial charge on any atom is 0.335 e. The lowest BCUT2D eigenvalue weighted by molar-refractivity contribution is -0.122. The van der Waals surface area contributed by atoms with E-state index in [1.807, 2.05) is 32.7 Å². The van der Waals surface area contributed by atoms with Crippen LogP contribution in [-0.4, -0.2) is 30.4 Å². The molecule has 2 aliphatic heterocycles. The van der Waals surface area contributed by atoms with Gasteiger partial charge in [0.15, 0.2) is 0 Å². The molecule has 2 heterocycles. The average Bonchev–Trinajstić information content (AvgIpc) is 2.71. The van der Waals surface area contributed by atoms with Crippen molar-refractivity contribution in [1.29, 1.82) is 0 Å². The van der Waals surface area contributed by atoms with Crippen molar-refractivity contribution in [2.45, 2.75) is 26.3 Å². The number of halogens is 2. The molecule has 1 saturated heterocycles. The van der Waals surface area contributed by atoms with Gasteiger partial charge in [-0.2, -0.15) is 0 Å². The number of carbonyl (C=O) groups is 3. The lowest BCUT2D eigenvalue weighted by Gasteiger charge is -2.40. The van der Waals surface area contributed by atoms with E-state index < -0.39 is 23.7 Å². The van der Waals surface area contributed by atoms with Crippen LogP contribution in [0.5, 0.6) is 0 Å². The van der Waals surface area contributed by atoms with Crippen LogP contribution in [0.4, 0.5) is 20.6 Å². The number of amides is 4. The third kappa shape index (κ3) is 3.64. The number of benzene rings is 2. The predicted octanol–water partition coefficient (Wildman–Crippen LogP) is 4.89. The predicted molar refractivity (Wildman–Crippen MR) is 126 cm³/mol. The van der Waals surface area contributed by atoms with Gasteiger partial charge in [0.05, 0.1) is 11.2 Å². The summed E-state index contributed by atoms with van der Waals surface area (Å²) in [4.78, 5) is 40.7. The van der Waals surface area contributed by atoms with Crippen LogP contribution in [0.1, 0.15) is 31.9 Å². The van der Waals surface area contributed by atoms with Crippen molar-refractivity contribution >= 4 is 56.8 Å². The molecule has 0 aliphatic carbocycles. The number of nitrogens with zero attached hydrogens (tertiary/aromatic N) is 2. The molecule has 0 bridgehead atoms. The van der Waals surface area contributed by atoms with Gasteiger partial charge in [0, 0.05) is 28.3 Å². The first-order valence-corrected chi connectivity index (χ1v) is 10.7. The van der Waals surface area contributed by atoms with Crippen LogP contribution in [0.3, 0.4) is 0 Å². The Hall–Kier alpha value is -3.26. The van der Waals surface area contributed by atoms with E-state index in [4.69, 9.17) is 0 Å².